The molecule has 0 spiro atoms. The number of benzene rings is 2. The van der Waals surface area contributed by atoms with Gasteiger partial charge in [0.25, 0.3) is 0 Å². The Morgan fingerprint density at radius 3 is 2.16 bits per heavy atom. The molecule has 2 aromatic heterocycles. The van der Waals surface area contributed by atoms with Gasteiger partial charge < -0.3 is 4.40 Å². The van der Waals surface area contributed by atoms with E-state index in [1.165, 1.54) is 24.5 Å². The van der Waals surface area contributed by atoms with E-state index in [0.29, 0.717) is 5.52 Å². The van der Waals surface area contributed by atoms with E-state index in [-0.39, 0.29) is 47.2 Å². The molecule has 0 bridgehead atoms. The van der Waals surface area contributed by atoms with Gasteiger partial charge in [0.15, 0.2) is 0 Å². The molecule has 169 valence electrons. The minimum atomic E-state index is -0.333. The summed E-state index contributed by atoms with van der Waals surface area (Å²) in [5, 5.41) is 0.741. The number of hydrogen-bond donors (Lipinski definition) is 0. The molecule has 4 rings (SSSR count). The summed E-state index contributed by atoms with van der Waals surface area (Å²) in [6, 6.07) is 13.7. The quantitative estimate of drug-likeness (QED) is 0.198. The van der Waals surface area contributed by atoms with Crippen molar-refractivity contribution in [2.75, 3.05) is 39.0 Å². The Kier molecular flexibility index (Phi) is 9.12. The topological polar surface area (TPSA) is 30.2 Å². The van der Waals surface area contributed by atoms with Crippen LogP contribution in [0.5, 0.6) is 0 Å². The van der Waals surface area contributed by atoms with E-state index in [0.717, 1.165) is 27.9 Å². The number of halogens is 1. The fraction of sp³-hybridized carbons (Fsp3) is 0.417. The largest absolute Gasteiger partial charge is 0.321 e. The van der Waals surface area contributed by atoms with E-state index < -0.39 is 0 Å². The van der Waals surface area contributed by atoms with Gasteiger partial charge in [0.1, 0.15) is 5.82 Å². The zero-order valence-electron chi connectivity index (χ0n) is 19.4. The van der Waals surface area contributed by atoms with E-state index in [1.54, 1.807) is 0 Å². The van der Waals surface area contributed by atoms with Gasteiger partial charge in [-0.1, -0.05) is 44.4 Å². The summed E-state index contributed by atoms with van der Waals surface area (Å²) in [5.41, 5.74) is 3.08. The summed E-state index contributed by atoms with van der Waals surface area (Å²) >= 11 is 0. The van der Waals surface area contributed by atoms with Gasteiger partial charge in [-0.3, -0.25) is 14.4 Å². The van der Waals surface area contributed by atoms with Crippen molar-refractivity contribution in [1.82, 2.24) is 14.4 Å². The first-order chi connectivity index (χ1) is 14.1. The number of imidazole rings is 1. The maximum atomic E-state index is 13.6. The van der Waals surface area contributed by atoms with E-state index in [1.807, 2.05) is 24.3 Å². The molecule has 0 atom stereocenters. The van der Waals surface area contributed by atoms with Crippen LogP contribution in [0.4, 0.5) is 4.39 Å². The summed E-state index contributed by atoms with van der Waals surface area (Å²) < 4.78 is 15.6. The Morgan fingerprint density at radius 1 is 0.968 bits per heavy atom. The molecular formula is C24H33FIrN3P2+. The van der Waals surface area contributed by atoms with Crippen LogP contribution in [0.3, 0.4) is 0 Å². The smallest absolute Gasteiger partial charge is 0.102 e. The first-order valence-electron chi connectivity index (χ1n) is 10.4. The van der Waals surface area contributed by atoms with Crippen molar-refractivity contribution in [2.45, 2.75) is 26.2 Å². The summed E-state index contributed by atoms with van der Waals surface area (Å²) in [6.07, 6.45) is 3.07. The van der Waals surface area contributed by atoms with Crippen molar-refractivity contribution in [3.63, 3.8) is 0 Å². The standard InChI is InChI=1S/C18H15FN3.C6H16P2.Ir/c1-18(2,3)17-21-14-10-11(19)8-9-12(14)16-20-13-6-4-5-7-15(13)22(16)17;1-7(2)5-6-8(3)4;/h4-8,10H,1-3H3;5-6H2,1-4H3;/q-1;;/p+2. The van der Waals surface area contributed by atoms with Crippen LogP contribution in [-0.4, -0.2) is 53.4 Å². The van der Waals surface area contributed by atoms with Gasteiger partial charge in [-0.25, -0.2) is 0 Å². The van der Waals surface area contributed by atoms with Crippen LogP contribution >= 0.6 is 15.8 Å². The summed E-state index contributed by atoms with van der Waals surface area (Å²) in [6.45, 7) is 15.9. The normalized spacial score (nSPS) is 11.8. The van der Waals surface area contributed by atoms with E-state index in [2.05, 4.69) is 57.9 Å². The van der Waals surface area contributed by atoms with Crippen LogP contribution < -0.4 is 0 Å². The number of fused-ring (bicyclic) bond motifs is 5. The molecule has 7 heteroatoms. The third kappa shape index (κ3) is 6.29. The number of nitrogens with zero attached hydrogens (tertiary/aromatic N) is 3. The predicted octanol–water partition coefficient (Wildman–Crippen LogP) is 6.20. The molecule has 0 aliphatic rings. The van der Waals surface area contributed by atoms with Crippen molar-refractivity contribution in [3.05, 3.63) is 54.1 Å². The first-order valence-corrected chi connectivity index (χ1v) is 15.9. The molecule has 0 aliphatic carbocycles. The molecule has 0 saturated heterocycles. The zero-order chi connectivity index (χ0) is 22.1. The Bertz CT molecular complexity index is 1160. The number of para-hydroxylation sites is 2. The first kappa shape index (κ1) is 26.3. The second kappa shape index (κ2) is 10.8. The Hall–Kier alpha value is -0.981. The van der Waals surface area contributed by atoms with Crippen LogP contribution in [-0.2, 0) is 25.5 Å². The Morgan fingerprint density at radius 2 is 1.58 bits per heavy atom. The SMILES string of the molecule is CC(C)(C)c1nc2cc(F)c[c-]c2c2nc3ccccc3n12.C[PH+](C)CC[PH+](C)C.[Ir]. The number of rotatable bonds is 3. The molecule has 0 aliphatic heterocycles. The minimum Gasteiger partial charge on any atom is -0.321 e. The average Bonchev–Trinajstić information content (AvgIpc) is 3.04. The van der Waals surface area contributed by atoms with Gasteiger partial charge in [-0.05, 0) is 33.5 Å². The molecule has 0 saturated carbocycles. The van der Waals surface area contributed by atoms with E-state index in [9.17, 15) is 4.39 Å². The fourth-order valence-electron chi connectivity index (χ4n) is 3.30. The van der Waals surface area contributed by atoms with Crippen molar-refractivity contribution in [3.8, 4) is 0 Å². The molecular weight excluding hydrogens is 603 g/mol. The monoisotopic (exact) mass is 637 g/mol. The number of aromatic nitrogens is 3. The van der Waals surface area contributed by atoms with Crippen LogP contribution in [0.2, 0.25) is 0 Å². The van der Waals surface area contributed by atoms with Crippen LogP contribution in [0.15, 0.2) is 36.4 Å². The maximum Gasteiger partial charge on any atom is 0.102 e. The van der Waals surface area contributed by atoms with Gasteiger partial charge in [-0.2, -0.15) is 0 Å². The Labute approximate surface area is 201 Å². The van der Waals surface area contributed by atoms with Crippen LogP contribution in [0.25, 0.3) is 27.6 Å². The summed E-state index contributed by atoms with van der Waals surface area (Å²) in [5.74, 6) is 0.531. The second-order valence-corrected chi connectivity index (χ2v) is 15.3. The van der Waals surface area contributed by atoms with Crippen molar-refractivity contribution >= 4 is 43.4 Å². The molecule has 2 aromatic carbocycles. The third-order valence-electron chi connectivity index (χ3n) is 4.90. The maximum absolute atomic E-state index is 13.6. The molecule has 0 amide bonds. The van der Waals surface area contributed by atoms with Gasteiger partial charge in [0.05, 0.1) is 29.0 Å². The average molecular weight is 637 g/mol. The van der Waals surface area contributed by atoms with E-state index >= 15 is 0 Å². The second-order valence-electron chi connectivity index (χ2n) is 9.44. The van der Waals surface area contributed by atoms with Crippen LogP contribution in [0, 0.1) is 11.9 Å². The van der Waals surface area contributed by atoms with Crippen molar-refractivity contribution in [2.24, 2.45) is 0 Å². The third-order valence-corrected chi connectivity index (χ3v) is 7.90. The van der Waals surface area contributed by atoms with Crippen molar-refractivity contribution < 1.29 is 24.5 Å². The Balaban J connectivity index is 0.000000329. The minimum absolute atomic E-state index is 0. The molecule has 1 radical (unpaired) electrons. The van der Waals surface area contributed by atoms with Crippen LogP contribution in [0.1, 0.15) is 26.6 Å². The van der Waals surface area contributed by atoms with Gasteiger partial charge in [0.2, 0.25) is 0 Å². The summed E-state index contributed by atoms with van der Waals surface area (Å²) in [4.78, 5) is 9.43. The summed E-state index contributed by atoms with van der Waals surface area (Å²) in [7, 11) is 0.191. The zero-order valence-corrected chi connectivity index (χ0v) is 23.8. The number of hydrogen-bond acceptors (Lipinski definition) is 2. The van der Waals surface area contributed by atoms with Gasteiger partial charge in [0, 0.05) is 58.0 Å². The van der Waals surface area contributed by atoms with Gasteiger partial charge in [-0.15, -0.1) is 12.1 Å². The molecule has 31 heavy (non-hydrogen) atoms. The molecule has 4 aromatic rings. The molecule has 0 fully saturated rings. The molecule has 3 nitrogen and oxygen atoms in total. The van der Waals surface area contributed by atoms with Gasteiger partial charge >= 0.3 is 0 Å². The predicted molar refractivity (Wildman–Crippen MR) is 136 cm³/mol. The molecule has 0 unspecified atom stereocenters. The molecule has 0 N–H and O–H groups in total. The fourth-order valence-corrected chi connectivity index (χ4v) is 7.30. The van der Waals surface area contributed by atoms with Crippen molar-refractivity contribution in [1.29, 1.82) is 0 Å². The molecule has 2 heterocycles. The van der Waals surface area contributed by atoms with E-state index in [4.69, 9.17) is 9.97 Å².